The summed E-state index contributed by atoms with van der Waals surface area (Å²) in [5.74, 6) is 0.848. The van der Waals surface area contributed by atoms with Crippen molar-refractivity contribution < 1.29 is 4.74 Å². The molecule has 3 N–H and O–H groups in total. The van der Waals surface area contributed by atoms with Gasteiger partial charge in [-0.15, -0.1) is 0 Å². The Bertz CT molecular complexity index is 599. The Labute approximate surface area is 130 Å². The molecule has 0 saturated carbocycles. The minimum Gasteiger partial charge on any atom is -0.497 e. The number of aryl methyl sites for hydroxylation is 1. The normalized spacial score (nSPS) is 9.81. The highest BCUT2D eigenvalue weighted by Crippen LogP contribution is 2.11. The van der Waals surface area contributed by atoms with Gasteiger partial charge in [0.2, 0.25) is 0 Å². The summed E-state index contributed by atoms with van der Waals surface area (Å²) in [6.45, 7) is 2.71. The van der Waals surface area contributed by atoms with Gasteiger partial charge in [0.05, 0.1) is 12.8 Å². The quantitative estimate of drug-likeness (QED) is 0.585. The fraction of sp³-hybridized carbons (Fsp3) is 0.188. The molecule has 0 saturated heterocycles. The number of thiocarbonyl (C=S) groups is 1. The molecule has 4 nitrogen and oxygen atoms in total. The average molecular weight is 301 g/mol. The SMILES string of the molecule is COc1ccc(CNC(=S)NNc2cccc(C)c2)cc1. The van der Waals surface area contributed by atoms with Gasteiger partial charge in [0.25, 0.3) is 0 Å². The van der Waals surface area contributed by atoms with Crippen LogP contribution in [0.5, 0.6) is 5.75 Å². The van der Waals surface area contributed by atoms with Crippen LogP contribution in [0.4, 0.5) is 5.69 Å². The molecule has 21 heavy (non-hydrogen) atoms. The Hall–Kier alpha value is -2.27. The second kappa shape index (κ2) is 7.50. The number of hydrogen-bond donors (Lipinski definition) is 3. The molecule has 0 unspecified atom stereocenters. The van der Waals surface area contributed by atoms with Gasteiger partial charge >= 0.3 is 0 Å². The van der Waals surface area contributed by atoms with Gasteiger partial charge in [-0.05, 0) is 54.5 Å². The molecule has 110 valence electrons. The van der Waals surface area contributed by atoms with E-state index in [0.717, 1.165) is 17.0 Å². The standard InChI is InChI=1S/C16H19N3OS/c1-12-4-3-5-14(10-12)18-19-16(21)17-11-13-6-8-15(20-2)9-7-13/h3-10,18H,11H2,1-2H3,(H2,17,19,21). The van der Waals surface area contributed by atoms with E-state index in [1.54, 1.807) is 7.11 Å². The second-order valence-electron chi connectivity index (χ2n) is 4.65. The molecule has 2 aromatic rings. The first kappa shape index (κ1) is 15.1. The van der Waals surface area contributed by atoms with Crippen molar-refractivity contribution >= 4 is 23.0 Å². The molecular weight excluding hydrogens is 282 g/mol. The number of anilines is 1. The molecule has 0 aliphatic rings. The van der Waals surface area contributed by atoms with Gasteiger partial charge in [0.1, 0.15) is 5.75 Å². The molecule has 0 bridgehead atoms. The lowest BCUT2D eigenvalue weighted by Crippen LogP contribution is -2.38. The fourth-order valence-corrected chi connectivity index (χ4v) is 1.94. The summed E-state index contributed by atoms with van der Waals surface area (Å²) in [5, 5.41) is 3.69. The molecule has 5 heteroatoms. The van der Waals surface area contributed by atoms with E-state index >= 15 is 0 Å². The van der Waals surface area contributed by atoms with Crippen LogP contribution < -0.4 is 20.9 Å². The van der Waals surface area contributed by atoms with Crippen LogP contribution in [0.3, 0.4) is 0 Å². The van der Waals surface area contributed by atoms with Crippen LogP contribution >= 0.6 is 12.2 Å². The molecule has 0 amide bonds. The number of ether oxygens (including phenoxy) is 1. The van der Waals surface area contributed by atoms with Crippen molar-refractivity contribution in [2.75, 3.05) is 12.5 Å². The lowest BCUT2D eigenvalue weighted by atomic mass is 10.2. The molecule has 0 aliphatic carbocycles. The van der Waals surface area contributed by atoms with Crippen molar-refractivity contribution in [1.29, 1.82) is 0 Å². The summed E-state index contributed by atoms with van der Waals surface area (Å²) >= 11 is 5.22. The van der Waals surface area contributed by atoms with Crippen LogP contribution in [0.25, 0.3) is 0 Å². The van der Waals surface area contributed by atoms with Crippen molar-refractivity contribution in [3.05, 3.63) is 59.7 Å². The van der Waals surface area contributed by atoms with E-state index in [-0.39, 0.29) is 0 Å². The van der Waals surface area contributed by atoms with Crippen molar-refractivity contribution in [3.8, 4) is 5.75 Å². The summed E-state index contributed by atoms with van der Waals surface area (Å²) in [6, 6.07) is 15.9. The first-order valence-corrected chi connectivity index (χ1v) is 7.07. The van der Waals surface area contributed by atoms with Gasteiger partial charge in [-0.25, -0.2) is 0 Å². The molecule has 2 aromatic carbocycles. The molecule has 0 fully saturated rings. The molecule has 0 radical (unpaired) electrons. The van der Waals surface area contributed by atoms with Gasteiger partial charge < -0.3 is 10.1 Å². The summed E-state index contributed by atoms with van der Waals surface area (Å²) in [4.78, 5) is 0. The van der Waals surface area contributed by atoms with Crippen LogP contribution in [-0.2, 0) is 6.54 Å². The summed E-state index contributed by atoms with van der Waals surface area (Å²) in [6.07, 6.45) is 0. The molecule has 0 atom stereocenters. The smallest absolute Gasteiger partial charge is 0.185 e. The van der Waals surface area contributed by atoms with Crippen molar-refractivity contribution in [2.45, 2.75) is 13.5 Å². The van der Waals surface area contributed by atoms with E-state index < -0.39 is 0 Å². The first-order valence-electron chi connectivity index (χ1n) is 6.67. The van der Waals surface area contributed by atoms with Crippen molar-refractivity contribution in [1.82, 2.24) is 10.7 Å². The zero-order valence-electron chi connectivity index (χ0n) is 12.1. The Morgan fingerprint density at radius 2 is 1.90 bits per heavy atom. The van der Waals surface area contributed by atoms with Crippen molar-refractivity contribution in [2.24, 2.45) is 0 Å². The van der Waals surface area contributed by atoms with Crippen LogP contribution in [0, 0.1) is 6.92 Å². The third-order valence-corrected chi connectivity index (χ3v) is 3.20. The third-order valence-electron chi connectivity index (χ3n) is 2.95. The van der Waals surface area contributed by atoms with E-state index in [2.05, 4.69) is 16.2 Å². The highest BCUT2D eigenvalue weighted by Gasteiger charge is 1.98. The monoisotopic (exact) mass is 301 g/mol. The number of methoxy groups -OCH3 is 1. The maximum atomic E-state index is 5.22. The Kier molecular flexibility index (Phi) is 5.40. The van der Waals surface area contributed by atoms with Gasteiger partial charge in [0, 0.05) is 6.54 Å². The predicted octanol–water partition coefficient (Wildman–Crippen LogP) is 2.99. The number of hydrazine groups is 1. The van der Waals surface area contributed by atoms with Gasteiger partial charge in [-0.3, -0.25) is 10.9 Å². The molecule has 0 aliphatic heterocycles. The van der Waals surface area contributed by atoms with Gasteiger partial charge in [-0.1, -0.05) is 24.3 Å². The number of hydrogen-bond acceptors (Lipinski definition) is 3. The minimum atomic E-state index is 0.548. The lowest BCUT2D eigenvalue weighted by molar-refractivity contribution is 0.414. The summed E-state index contributed by atoms with van der Waals surface area (Å²) in [5.41, 5.74) is 9.33. The average Bonchev–Trinajstić information content (AvgIpc) is 2.51. The molecular formula is C16H19N3OS. The predicted molar refractivity (Wildman–Crippen MR) is 90.4 cm³/mol. The molecule has 0 heterocycles. The second-order valence-corrected chi connectivity index (χ2v) is 5.06. The highest BCUT2D eigenvalue weighted by molar-refractivity contribution is 7.80. The Balaban J connectivity index is 1.76. The van der Waals surface area contributed by atoms with E-state index in [4.69, 9.17) is 17.0 Å². The lowest BCUT2D eigenvalue weighted by Gasteiger charge is -2.13. The van der Waals surface area contributed by atoms with E-state index in [9.17, 15) is 0 Å². The van der Waals surface area contributed by atoms with Gasteiger partial charge in [0.15, 0.2) is 5.11 Å². The number of benzene rings is 2. The summed E-state index contributed by atoms with van der Waals surface area (Å²) < 4.78 is 5.12. The van der Waals surface area contributed by atoms with Crippen LogP contribution in [-0.4, -0.2) is 12.2 Å². The number of rotatable bonds is 5. The molecule has 0 spiro atoms. The van der Waals surface area contributed by atoms with Crippen LogP contribution in [0.15, 0.2) is 48.5 Å². The maximum absolute atomic E-state index is 5.22. The van der Waals surface area contributed by atoms with Crippen molar-refractivity contribution in [3.63, 3.8) is 0 Å². The Morgan fingerprint density at radius 3 is 2.57 bits per heavy atom. The zero-order chi connectivity index (χ0) is 15.1. The zero-order valence-corrected chi connectivity index (χ0v) is 13.0. The molecule has 0 aromatic heterocycles. The topological polar surface area (TPSA) is 45.3 Å². The largest absolute Gasteiger partial charge is 0.497 e. The molecule has 2 rings (SSSR count). The van der Waals surface area contributed by atoms with E-state index in [0.29, 0.717) is 11.7 Å². The van der Waals surface area contributed by atoms with Gasteiger partial charge in [-0.2, -0.15) is 0 Å². The van der Waals surface area contributed by atoms with Crippen LogP contribution in [0.2, 0.25) is 0 Å². The van der Waals surface area contributed by atoms with E-state index in [1.165, 1.54) is 5.56 Å². The minimum absolute atomic E-state index is 0.548. The fourth-order valence-electron chi connectivity index (χ4n) is 1.82. The third kappa shape index (κ3) is 4.96. The summed E-state index contributed by atoms with van der Waals surface area (Å²) in [7, 11) is 1.66. The maximum Gasteiger partial charge on any atom is 0.185 e. The number of nitrogens with one attached hydrogen (secondary N) is 3. The van der Waals surface area contributed by atoms with Crippen LogP contribution in [0.1, 0.15) is 11.1 Å². The highest BCUT2D eigenvalue weighted by atomic mass is 32.1. The van der Waals surface area contributed by atoms with E-state index in [1.807, 2.05) is 55.5 Å². The first-order chi connectivity index (χ1) is 10.2. The Morgan fingerprint density at radius 1 is 1.14 bits per heavy atom.